The number of fused-ring (bicyclic) bond motifs is 1. The molecule has 0 amide bonds. The fourth-order valence-electron chi connectivity index (χ4n) is 6.54. The molecule has 5 rings (SSSR count). The normalized spacial score (nSPS) is 17.4. The van der Waals surface area contributed by atoms with Crippen molar-refractivity contribution >= 4 is 11.1 Å². The van der Waals surface area contributed by atoms with Crippen LogP contribution in [0, 0.1) is 0 Å². The molecule has 0 N–H and O–H groups in total. The minimum Gasteiger partial charge on any atom is -0.0995 e. The zero-order chi connectivity index (χ0) is 27.4. The summed E-state index contributed by atoms with van der Waals surface area (Å²) in [4.78, 5) is 0. The summed E-state index contributed by atoms with van der Waals surface area (Å²) in [6.45, 7) is 15.7. The van der Waals surface area contributed by atoms with E-state index in [9.17, 15) is 0 Å². The molecular weight excluding hydrogens is 468 g/mol. The summed E-state index contributed by atoms with van der Waals surface area (Å²) in [5.74, 6) is 0.306. The van der Waals surface area contributed by atoms with Gasteiger partial charge in [0.1, 0.15) is 0 Å². The minimum absolute atomic E-state index is 0.306. The Hall–Kier alpha value is -3.64. The van der Waals surface area contributed by atoms with E-state index < -0.39 is 0 Å². The summed E-state index contributed by atoms with van der Waals surface area (Å²) in [7, 11) is 0. The van der Waals surface area contributed by atoms with Crippen LogP contribution in [0.1, 0.15) is 84.9 Å². The topological polar surface area (TPSA) is 0 Å². The number of benzene rings is 3. The molecule has 0 saturated heterocycles. The number of rotatable bonds is 10. The van der Waals surface area contributed by atoms with Gasteiger partial charge in [-0.2, -0.15) is 0 Å². The molecule has 0 bridgehead atoms. The second-order valence-electron chi connectivity index (χ2n) is 11.1. The molecule has 0 nitrogen and oxygen atoms in total. The average molecular weight is 511 g/mol. The quantitative estimate of drug-likeness (QED) is 0.238. The predicted octanol–water partition coefficient (Wildman–Crippen LogP) is 10.4. The van der Waals surface area contributed by atoms with Gasteiger partial charge in [-0.25, -0.2) is 0 Å². The molecule has 0 radical (unpaired) electrons. The van der Waals surface area contributed by atoms with Crippen LogP contribution in [0.15, 0.2) is 115 Å². The standard InChI is InChI=1S/C39H42/c1-6-29-25-34(26-30(7-2)35(29)8-3)38-23-21-32(39(38)31-14-10-9-11-15-31)20-18-27(4)19-22-36-28(5)24-33-16-12-13-17-37(33)36/h9-17,21-23,25-26,39H,4-8,18-20,24H2,1-3H3. The lowest BCUT2D eigenvalue weighted by Crippen LogP contribution is -2.06. The number of allylic oxidation sites excluding steroid dienone is 8. The molecule has 0 aliphatic heterocycles. The van der Waals surface area contributed by atoms with E-state index in [1.54, 1.807) is 5.56 Å². The van der Waals surface area contributed by atoms with Crippen molar-refractivity contribution in [2.45, 2.75) is 71.6 Å². The Bertz CT molecular complexity index is 1450. The number of hydrogen-bond donors (Lipinski definition) is 0. The molecule has 0 fully saturated rings. The van der Waals surface area contributed by atoms with Crippen LogP contribution in [0.5, 0.6) is 0 Å². The van der Waals surface area contributed by atoms with Gasteiger partial charge >= 0.3 is 0 Å². The van der Waals surface area contributed by atoms with E-state index in [0.29, 0.717) is 5.92 Å². The number of hydrogen-bond acceptors (Lipinski definition) is 0. The van der Waals surface area contributed by atoms with Crippen molar-refractivity contribution in [3.05, 3.63) is 154 Å². The smallest absolute Gasteiger partial charge is 0.0308 e. The van der Waals surface area contributed by atoms with E-state index in [0.717, 1.165) is 44.9 Å². The Kier molecular flexibility index (Phi) is 8.32. The molecule has 198 valence electrons. The molecule has 2 aliphatic rings. The van der Waals surface area contributed by atoms with E-state index in [-0.39, 0.29) is 0 Å². The SMILES string of the molecule is C=C(CC=C1C(=C)Cc2ccccc21)CCC1=CC=C(c2cc(CC)c(CC)c(CC)c2)C1c1ccccc1. The van der Waals surface area contributed by atoms with E-state index in [1.807, 2.05) is 0 Å². The third-order valence-corrected chi connectivity index (χ3v) is 8.63. The maximum atomic E-state index is 4.48. The van der Waals surface area contributed by atoms with Gasteiger partial charge in [-0.3, -0.25) is 0 Å². The van der Waals surface area contributed by atoms with E-state index in [1.165, 1.54) is 61.2 Å². The first-order valence-electron chi connectivity index (χ1n) is 14.8. The van der Waals surface area contributed by atoms with Gasteiger partial charge in [0.2, 0.25) is 0 Å². The summed E-state index contributed by atoms with van der Waals surface area (Å²) < 4.78 is 0. The Morgan fingerprint density at radius 1 is 0.872 bits per heavy atom. The molecule has 3 aromatic carbocycles. The first kappa shape index (κ1) is 26.9. The summed E-state index contributed by atoms with van der Waals surface area (Å²) in [6, 6.07) is 24.7. The lowest BCUT2D eigenvalue weighted by molar-refractivity contribution is 0.844. The zero-order valence-electron chi connectivity index (χ0n) is 24.0. The highest BCUT2D eigenvalue weighted by molar-refractivity contribution is 5.85. The lowest BCUT2D eigenvalue weighted by Gasteiger charge is -2.23. The second-order valence-corrected chi connectivity index (χ2v) is 11.1. The maximum absolute atomic E-state index is 4.48. The molecule has 1 unspecified atom stereocenters. The first-order valence-corrected chi connectivity index (χ1v) is 14.8. The largest absolute Gasteiger partial charge is 0.0995 e. The van der Waals surface area contributed by atoms with Crippen molar-refractivity contribution in [1.29, 1.82) is 0 Å². The Labute approximate surface area is 236 Å². The monoisotopic (exact) mass is 510 g/mol. The van der Waals surface area contributed by atoms with Crippen LogP contribution in [0.4, 0.5) is 0 Å². The molecule has 39 heavy (non-hydrogen) atoms. The fourth-order valence-corrected chi connectivity index (χ4v) is 6.54. The zero-order valence-corrected chi connectivity index (χ0v) is 24.0. The fraction of sp³-hybridized carbons (Fsp3) is 0.282. The Morgan fingerprint density at radius 3 is 2.26 bits per heavy atom. The van der Waals surface area contributed by atoms with Crippen LogP contribution in [0.25, 0.3) is 11.1 Å². The van der Waals surface area contributed by atoms with E-state index in [2.05, 4.69) is 119 Å². The average Bonchev–Trinajstić information content (AvgIpc) is 3.54. The Balaban J connectivity index is 1.35. The third kappa shape index (κ3) is 5.57. The summed E-state index contributed by atoms with van der Waals surface area (Å²) in [5.41, 5.74) is 16.8. The van der Waals surface area contributed by atoms with Crippen LogP contribution in [-0.2, 0) is 25.7 Å². The van der Waals surface area contributed by atoms with Crippen LogP contribution >= 0.6 is 0 Å². The van der Waals surface area contributed by atoms with Crippen LogP contribution < -0.4 is 0 Å². The molecule has 0 heterocycles. The van der Waals surface area contributed by atoms with Crippen LogP contribution in [0.2, 0.25) is 0 Å². The van der Waals surface area contributed by atoms with Crippen molar-refractivity contribution in [1.82, 2.24) is 0 Å². The van der Waals surface area contributed by atoms with Gasteiger partial charge in [0.05, 0.1) is 0 Å². The summed E-state index contributed by atoms with van der Waals surface area (Å²) in [6.07, 6.45) is 14.3. The van der Waals surface area contributed by atoms with Crippen molar-refractivity contribution in [2.24, 2.45) is 0 Å². The van der Waals surface area contributed by atoms with Crippen molar-refractivity contribution in [2.75, 3.05) is 0 Å². The van der Waals surface area contributed by atoms with Crippen molar-refractivity contribution in [3.63, 3.8) is 0 Å². The van der Waals surface area contributed by atoms with Gasteiger partial charge in [0.25, 0.3) is 0 Å². The molecule has 2 aliphatic carbocycles. The highest BCUT2D eigenvalue weighted by Crippen LogP contribution is 2.45. The maximum Gasteiger partial charge on any atom is 0.0308 e. The van der Waals surface area contributed by atoms with E-state index in [4.69, 9.17) is 0 Å². The van der Waals surface area contributed by atoms with Gasteiger partial charge in [0.15, 0.2) is 0 Å². The van der Waals surface area contributed by atoms with Gasteiger partial charge in [0, 0.05) is 5.92 Å². The van der Waals surface area contributed by atoms with Gasteiger partial charge < -0.3 is 0 Å². The highest BCUT2D eigenvalue weighted by atomic mass is 14.3. The highest BCUT2D eigenvalue weighted by Gasteiger charge is 2.27. The molecular formula is C39H42. The summed E-state index contributed by atoms with van der Waals surface area (Å²) >= 11 is 0. The minimum atomic E-state index is 0.306. The van der Waals surface area contributed by atoms with E-state index >= 15 is 0 Å². The molecule has 0 aromatic heterocycles. The molecule has 0 saturated carbocycles. The predicted molar refractivity (Wildman–Crippen MR) is 170 cm³/mol. The second kappa shape index (κ2) is 12.0. The van der Waals surface area contributed by atoms with Crippen LogP contribution in [-0.4, -0.2) is 0 Å². The van der Waals surface area contributed by atoms with Crippen LogP contribution in [0.3, 0.4) is 0 Å². The van der Waals surface area contributed by atoms with Gasteiger partial charge in [-0.15, -0.1) is 0 Å². The van der Waals surface area contributed by atoms with Gasteiger partial charge in [-0.1, -0.05) is 130 Å². The Morgan fingerprint density at radius 2 is 1.56 bits per heavy atom. The lowest BCUT2D eigenvalue weighted by atomic mass is 9.81. The van der Waals surface area contributed by atoms with Crippen molar-refractivity contribution in [3.8, 4) is 0 Å². The summed E-state index contributed by atoms with van der Waals surface area (Å²) in [5, 5.41) is 0. The van der Waals surface area contributed by atoms with Gasteiger partial charge in [-0.05, 0) is 101 Å². The third-order valence-electron chi connectivity index (χ3n) is 8.63. The molecule has 0 spiro atoms. The van der Waals surface area contributed by atoms with Crippen molar-refractivity contribution < 1.29 is 0 Å². The first-order chi connectivity index (χ1) is 19.0. The molecule has 1 atom stereocenters. The molecule has 3 aromatic rings. The number of aryl methyl sites for hydroxylation is 2. The molecule has 0 heteroatoms.